The highest BCUT2D eigenvalue weighted by Crippen LogP contribution is 2.31. The fraction of sp³-hybridized carbons (Fsp3) is 0.125. The van der Waals surface area contributed by atoms with E-state index in [0.29, 0.717) is 0 Å². The molecule has 0 amide bonds. The zero-order valence-corrected chi connectivity index (χ0v) is 14.5. The van der Waals surface area contributed by atoms with Gasteiger partial charge in [-0.2, -0.15) is 0 Å². The Bertz CT molecular complexity index is 784. The lowest BCUT2D eigenvalue weighted by molar-refractivity contribution is 0.670. The third kappa shape index (κ3) is 2.86. The summed E-state index contributed by atoms with van der Waals surface area (Å²) >= 11 is 7.04. The van der Waals surface area contributed by atoms with Crippen LogP contribution in [0.2, 0.25) is 0 Å². The van der Waals surface area contributed by atoms with Crippen LogP contribution in [0.3, 0.4) is 0 Å². The molecule has 2 heterocycles. The SMILES string of the molecule is CNC(c1ncc(Br)cc1Br)c1cccc2cccnc12. The molecular formula is C16H13Br2N3. The largest absolute Gasteiger partial charge is 0.308 e. The first-order valence-corrected chi connectivity index (χ1v) is 8.11. The van der Waals surface area contributed by atoms with E-state index in [1.165, 1.54) is 0 Å². The number of rotatable bonds is 3. The predicted octanol–water partition coefficient (Wildman–Crippen LogP) is 4.46. The van der Waals surface area contributed by atoms with E-state index in [1.54, 1.807) is 0 Å². The summed E-state index contributed by atoms with van der Waals surface area (Å²) in [5, 5.41) is 4.47. The van der Waals surface area contributed by atoms with E-state index < -0.39 is 0 Å². The summed E-state index contributed by atoms with van der Waals surface area (Å²) in [6, 6.07) is 12.2. The number of aromatic nitrogens is 2. The summed E-state index contributed by atoms with van der Waals surface area (Å²) in [6.07, 6.45) is 3.63. The molecule has 1 atom stereocenters. The highest BCUT2D eigenvalue weighted by Gasteiger charge is 2.19. The Morgan fingerprint density at radius 1 is 1.10 bits per heavy atom. The summed E-state index contributed by atoms with van der Waals surface area (Å²) in [5.74, 6) is 0. The van der Waals surface area contributed by atoms with Crippen LogP contribution in [0.4, 0.5) is 0 Å². The molecule has 0 aliphatic carbocycles. The maximum atomic E-state index is 4.55. The molecular weight excluding hydrogens is 394 g/mol. The molecule has 3 nitrogen and oxygen atoms in total. The monoisotopic (exact) mass is 405 g/mol. The summed E-state index contributed by atoms with van der Waals surface area (Å²) in [7, 11) is 1.93. The lowest BCUT2D eigenvalue weighted by Crippen LogP contribution is -2.20. The number of nitrogens with zero attached hydrogens (tertiary/aromatic N) is 2. The van der Waals surface area contributed by atoms with Gasteiger partial charge in [0.25, 0.3) is 0 Å². The molecule has 1 N–H and O–H groups in total. The van der Waals surface area contributed by atoms with Crippen LogP contribution in [0.15, 0.2) is 57.7 Å². The molecule has 0 fully saturated rings. The lowest BCUT2D eigenvalue weighted by atomic mass is 10.00. The maximum Gasteiger partial charge on any atom is 0.0781 e. The first kappa shape index (κ1) is 14.6. The molecule has 0 bridgehead atoms. The molecule has 0 spiro atoms. The van der Waals surface area contributed by atoms with Gasteiger partial charge in [-0.3, -0.25) is 9.97 Å². The Kier molecular flexibility index (Phi) is 4.33. The van der Waals surface area contributed by atoms with Gasteiger partial charge in [0.2, 0.25) is 0 Å². The molecule has 0 radical (unpaired) electrons. The van der Waals surface area contributed by atoms with E-state index in [1.807, 2.05) is 31.6 Å². The molecule has 1 unspecified atom stereocenters. The van der Waals surface area contributed by atoms with Crippen molar-refractivity contribution in [3.63, 3.8) is 0 Å². The molecule has 0 saturated heterocycles. The molecule has 2 aromatic heterocycles. The number of para-hydroxylation sites is 1. The highest BCUT2D eigenvalue weighted by atomic mass is 79.9. The maximum absolute atomic E-state index is 4.55. The Hall–Kier alpha value is -1.30. The zero-order valence-electron chi connectivity index (χ0n) is 11.3. The predicted molar refractivity (Wildman–Crippen MR) is 92.3 cm³/mol. The molecule has 3 rings (SSSR count). The van der Waals surface area contributed by atoms with Gasteiger partial charge in [0.15, 0.2) is 0 Å². The van der Waals surface area contributed by atoms with E-state index >= 15 is 0 Å². The van der Waals surface area contributed by atoms with E-state index in [9.17, 15) is 0 Å². The van der Waals surface area contributed by atoms with Crippen molar-refractivity contribution in [1.82, 2.24) is 15.3 Å². The Labute approximate surface area is 140 Å². The number of hydrogen-bond donors (Lipinski definition) is 1. The van der Waals surface area contributed by atoms with Crippen molar-refractivity contribution in [3.05, 3.63) is 69.0 Å². The smallest absolute Gasteiger partial charge is 0.0781 e. The third-order valence-corrected chi connectivity index (χ3v) is 4.44. The van der Waals surface area contributed by atoms with Crippen LogP contribution in [0.25, 0.3) is 10.9 Å². The molecule has 3 aromatic rings. The normalized spacial score (nSPS) is 12.5. The van der Waals surface area contributed by atoms with Gasteiger partial charge >= 0.3 is 0 Å². The number of pyridine rings is 2. The van der Waals surface area contributed by atoms with Gasteiger partial charge in [0.1, 0.15) is 0 Å². The first-order valence-electron chi connectivity index (χ1n) is 6.52. The van der Waals surface area contributed by atoms with Gasteiger partial charge in [-0.25, -0.2) is 0 Å². The van der Waals surface area contributed by atoms with E-state index in [4.69, 9.17) is 0 Å². The molecule has 21 heavy (non-hydrogen) atoms. The van der Waals surface area contributed by atoms with Gasteiger partial charge in [0.05, 0.1) is 17.3 Å². The number of nitrogens with one attached hydrogen (secondary N) is 1. The fourth-order valence-electron chi connectivity index (χ4n) is 2.44. The average Bonchev–Trinajstić information content (AvgIpc) is 2.50. The topological polar surface area (TPSA) is 37.8 Å². The standard InChI is InChI=1S/C16H13Br2N3/c1-19-15(16-13(18)8-11(17)9-21-16)12-6-2-4-10-5-3-7-20-14(10)12/h2-9,15,19H,1H3. The highest BCUT2D eigenvalue weighted by molar-refractivity contribution is 9.11. The second-order valence-corrected chi connectivity index (χ2v) is 6.43. The van der Waals surface area contributed by atoms with Crippen LogP contribution in [0.1, 0.15) is 17.3 Å². The Morgan fingerprint density at radius 3 is 2.67 bits per heavy atom. The van der Waals surface area contributed by atoms with Crippen LogP contribution in [-0.4, -0.2) is 17.0 Å². The van der Waals surface area contributed by atoms with Crippen molar-refractivity contribution >= 4 is 42.8 Å². The van der Waals surface area contributed by atoms with Gasteiger partial charge in [-0.05, 0) is 51.0 Å². The second-order valence-electron chi connectivity index (χ2n) is 4.66. The van der Waals surface area contributed by atoms with Crippen LogP contribution in [0, 0.1) is 0 Å². The van der Waals surface area contributed by atoms with Gasteiger partial charge in [0, 0.05) is 32.3 Å². The van der Waals surface area contributed by atoms with Crippen LogP contribution in [0.5, 0.6) is 0 Å². The second kappa shape index (κ2) is 6.22. The van der Waals surface area contributed by atoms with Crippen molar-refractivity contribution < 1.29 is 0 Å². The van der Waals surface area contributed by atoms with Crippen LogP contribution >= 0.6 is 31.9 Å². The average molecular weight is 407 g/mol. The number of benzene rings is 1. The van der Waals surface area contributed by atoms with Crippen molar-refractivity contribution in [3.8, 4) is 0 Å². The Morgan fingerprint density at radius 2 is 1.90 bits per heavy atom. The molecule has 5 heteroatoms. The van der Waals surface area contributed by atoms with Crippen molar-refractivity contribution in [2.75, 3.05) is 7.05 Å². The van der Waals surface area contributed by atoms with E-state index in [2.05, 4.69) is 71.4 Å². The van der Waals surface area contributed by atoms with E-state index in [0.717, 1.165) is 31.1 Å². The van der Waals surface area contributed by atoms with Crippen LogP contribution in [-0.2, 0) is 0 Å². The third-order valence-electron chi connectivity index (χ3n) is 3.37. The van der Waals surface area contributed by atoms with E-state index in [-0.39, 0.29) is 6.04 Å². The van der Waals surface area contributed by atoms with Crippen LogP contribution < -0.4 is 5.32 Å². The molecule has 1 aromatic carbocycles. The number of fused-ring (bicyclic) bond motifs is 1. The van der Waals surface area contributed by atoms with Gasteiger partial charge in [-0.1, -0.05) is 24.3 Å². The zero-order chi connectivity index (χ0) is 14.8. The summed E-state index contributed by atoms with van der Waals surface area (Å²) in [6.45, 7) is 0. The number of halogens is 2. The van der Waals surface area contributed by atoms with Crippen molar-refractivity contribution in [1.29, 1.82) is 0 Å². The first-order chi connectivity index (χ1) is 10.2. The fourth-order valence-corrected chi connectivity index (χ4v) is 3.65. The summed E-state index contributed by atoms with van der Waals surface area (Å²) < 4.78 is 1.91. The Balaban J connectivity index is 2.18. The lowest BCUT2D eigenvalue weighted by Gasteiger charge is -2.19. The quantitative estimate of drug-likeness (QED) is 0.697. The van der Waals surface area contributed by atoms with Crippen molar-refractivity contribution in [2.24, 2.45) is 0 Å². The van der Waals surface area contributed by atoms with Gasteiger partial charge in [-0.15, -0.1) is 0 Å². The minimum absolute atomic E-state index is 0.0222. The number of hydrogen-bond acceptors (Lipinski definition) is 3. The molecule has 0 aliphatic heterocycles. The summed E-state index contributed by atoms with van der Waals surface area (Å²) in [4.78, 5) is 9.08. The van der Waals surface area contributed by atoms with Gasteiger partial charge < -0.3 is 5.32 Å². The summed E-state index contributed by atoms with van der Waals surface area (Å²) in [5.41, 5.74) is 3.06. The molecule has 0 saturated carbocycles. The minimum Gasteiger partial charge on any atom is -0.308 e. The molecule has 106 valence electrons. The molecule has 0 aliphatic rings. The minimum atomic E-state index is -0.0222. The van der Waals surface area contributed by atoms with Crippen molar-refractivity contribution in [2.45, 2.75) is 6.04 Å².